The Bertz CT molecular complexity index is 860. The smallest absolute Gasteiger partial charge is 0.347 e. The first-order chi connectivity index (χ1) is 13.5. The van der Waals surface area contributed by atoms with Crippen LogP contribution in [-0.4, -0.2) is 56.8 Å². The maximum absolute atomic E-state index is 12.2. The molecule has 12 heteroatoms. The van der Waals surface area contributed by atoms with Gasteiger partial charge >= 0.3 is 11.9 Å². The second kappa shape index (κ2) is 9.66. The second-order valence-corrected chi connectivity index (χ2v) is 5.06. The van der Waals surface area contributed by atoms with Crippen LogP contribution < -0.4 is 10.6 Å². The van der Waals surface area contributed by atoms with Crippen LogP contribution in [0.5, 0.6) is 5.75 Å². The highest BCUT2D eigenvalue weighted by Gasteiger charge is 2.21. The van der Waals surface area contributed by atoms with Crippen LogP contribution in [0.2, 0.25) is 0 Å². The summed E-state index contributed by atoms with van der Waals surface area (Å²) in [6.07, 6.45) is 1.10. The Balaban J connectivity index is 2.21. The molecule has 0 atom stereocenters. The number of aromatic hydroxyl groups is 1. The fourth-order valence-electron chi connectivity index (χ4n) is 1.97. The number of aromatic nitrogens is 4. The number of nitrogens with zero attached hydrogens (tertiary/aromatic N) is 3. The normalized spacial score (nSPS) is 9.93. The van der Waals surface area contributed by atoms with E-state index in [0.717, 1.165) is 6.20 Å². The van der Waals surface area contributed by atoms with Crippen molar-refractivity contribution in [1.29, 1.82) is 0 Å². The number of anilines is 2. The van der Waals surface area contributed by atoms with Crippen molar-refractivity contribution in [1.82, 2.24) is 20.6 Å². The van der Waals surface area contributed by atoms with Crippen molar-refractivity contribution in [2.24, 2.45) is 0 Å². The van der Waals surface area contributed by atoms with E-state index >= 15 is 0 Å². The molecule has 1 aromatic carbocycles. The van der Waals surface area contributed by atoms with Gasteiger partial charge in [-0.25, -0.2) is 9.59 Å². The lowest BCUT2D eigenvalue weighted by Gasteiger charge is -2.09. The number of hydrogen-bond donors (Lipinski definition) is 4. The average molecular weight is 390 g/mol. The van der Waals surface area contributed by atoms with Gasteiger partial charge < -0.3 is 19.9 Å². The van der Waals surface area contributed by atoms with E-state index in [2.05, 4.69) is 31.3 Å². The first kappa shape index (κ1) is 20.4. The monoisotopic (exact) mass is 390 g/mol. The molecule has 0 unspecified atom stereocenters. The van der Waals surface area contributed by atoms with Crippen molar-refractivity contribution >= 4 is 29.5 Å². The van der Waals surface area contributed by atoms with Crippen molar-refractivity contribution < 1.29 is 29.0 Å². The van der Waals surface area contributed by atoms with E-state index in [-0.39, 0.29) is 36.0 Å². The lowest BCUT2D eigenvalue weighted by molar-refractivity contribution is -0.146. The summed E-state index contributed by atoms with van der Waals surface area (Å²) >= 11 is 0. The molecule has 1 heterocycles. The first-order valence-corrected chi connectivity index (χ1v) is 8.15. The molecule has 0 aliphatic carbocycles. The van der Waals surface area contributed by atoms with Gasteiger partial charge in [-0.1, -0.05) is 5.10 Å². The molecule has 2 aromatic rings. The van der Waals surface area contributed by atoms with Crippen LogP contribution in [0.4, 0.5) is 11.6 Å². The third-order valence-electron chi connectivity index (χ3n) is 3.19. The number of rotatable bonds is 8. The summed E-state index contributed by atoms with van der Waals surface area (Å²) in [6.45, 7) is 3.36. The standard InChI is InChI=1S/C16H18N6O6/c1-3-27-14(25)11(15(26)28-4-2)8-17-9-5-6-12(23)10(7-9)13(24)18-16-19-21-22-20-16/h5-8,17,23H,3-4H2,1-2H3,(H2,18,19,20,21,22,24). The number of esters is 2. The Morgan fingerprint density at radius 2 is 1.86 bits per heavy atom. The topological polar surface area (TPSA) is 168 Å². The van der Waals surface area contributed by atoms with Gasteiger partial charge in [0.2, 0.25) is 0 Å². The molecule has 0 spiro atoms. The van der Waals surface area contributed by atoms with E-state index in [9.17, 15) is 19.5 Å². The van der Waals surface area contributed by atoms with Gasteiger partial charge in [-0.15, -0.1) is 5.10 Å². The van der Waals surface area contributed by atoms with Gasteiger partial charge in [0, 0.05) is 11.9 Å². The highest BCUT2D eigenvalue weighted by atomic mass is 16.6. The van der Waals surface area contributed by atoms with Crippen LogP contribution in [0.1, 0.15) is 24.2 Å². The average Bonchev–Trinajstić information content (AvgIpc) is 3.16. The number of H-pyrrole nitrogens is 1. The van der Waals surface area contributed by atoms with Crippen molar-refractivity contribution in [2.45, 2.75) is 13.8 Å². The third kappa shape index (κ3) is 5.27. The fraction of sp³-hybridized carbons (Fsp3) is 0.250. The molecule has 4 N–H and O–H groups in total. The van der Waals surface area contributed by atoms with E-state index in [4.69, 9.17) is 9.47 Å². The van der Waals surface area contributed by atoms with Crippen LogP contribution in [0.15, 0.2) is 30.0 Å². The SMILES string of the molecule is CCOC(=O)C(=CNc1ccc(O)c(C(=O)Nc2nn[nH]n2)c1)C(=O)OCC. The van der Waals surface area contributed by atoms with Gasteiger partial charge in [-0.2, -0.15) is 5.21 Å². The Morgan fingerprint density at radius 3 is 2.43 bits per heavy atom. The van der Waals surface area contributed by atoms with Gasteiger partial charge in [-0.3, -0.25) is 10.1 Å². The Labute approximate surface area is 158 Å². The summed E-state index contributed by atoms with van der Waals surface area (Å²) < 4.78 is 9.65. The Hall–Kier alpha value is -3.96. The van der Waals surface area contributed by atoms with E-state index in [1.165, 1.54) is 18.2 Å². The molecule has 0 radical (unpaired) electrons. The zero-order valence-corrected chi connectivity index (χ0v) is 15.1. The number of carbonyl (C=O) groups is 3. The van der Waals surface area contributed by atoms with Gasteiger partial charge in [0.1, 0.15) is 5.75 Å². The lowest BCUT2D eigenvalue weighted by Crippen LogP contribution is -2.19. The van der Waals surface area contributed by atoms with Crippen molar-refractivity contribution in [3.8, 4) is 5.75 Å². The predicted octanol–water partition coefficient (Wildman–Crippen LogP) is 0.580. The molecule has 12 nitrogen and oxygen atoms in total. The molecule has 0 bridgehead atoms. The number of amides is 1. The van der Waals surface area contributed by atoms with Crippen molar-refractivity contribution in [3.05, 3.63) is 35.5 Å². The van der Waals surface area contributed by atoms with E-state index < -0.39 is 17.8 Å². The molecule has 0 saturated carbocycles. The van der Waals surface area contributed by atoms with Crippen LogP contribution >= 0.6 is 0 Å². The number of carbonyl (C=O) groups excluding carboxylic acids is 3. The molecular formula is C16H18N6O6. The fourth-order valence-corrected chi connectivity index (χ4v) is 1.97. The van der Waals surface area contributed by atoms with Crippen LogP contribution in [0.3, 0.4) is 0 Å². The summed E-state index contributed by atoms with van der Waals surface area (Å²) in [5, 5.41) is 27.6. The minimum atomic E-state index is -0.859. The van der Waals surface area contributed by atoms with Gasteiger partial charge in [0.05, 0.1) is 18.8 Å². The minimum absolute atomic E-state index is 0.0745. The number of hydrogen-bond acceptors (Lipinski definition) is 10. The Kier molecular flexibility index (Phi) is 7.02. The lowest BCUT2D eigenvalue weighted by atomic mass is 10.1. The van der Waals surface area contributed by atoms with E-state index in [1.54, 1.807) is 13.8 Å². The number of ether oxygens (including phenoxy) is 2. The zero-order valence-electron chi connectivity index (χ0n) is 15.1. The van der Waals surface area contributed by atoms with Gasteiger partial charge in [0.15, 0.2) is 5.57 Å². The summed E-state index contributed by atoms with van der Waals surface area (Å²) in [6, 6.07) is 4.00. The van der Waals surface area contributed by atoms with Crippen molar-refractivity contribution in [2.75, 3.05) is 23.8 Å². The van der Waals surface area contributed by atoms with Crippen molar-refractivity contribution in [3.63, 3.8) is 0 Å². The maximum atomic E-state index is 12.2. The number of tetrazole rings is 1. The van der Waals surface area contributed by atoms with E-state index in [0.29, 0.717) is 5.69 Å². The largest absolute Gasteiger partial charge is 0.507 e. The molecule has 28 heavy (non-hydrogen) atoms. The van der Waals surface area contributed by atoms with E-state index in [1.807, 2.05) is 0 Å². The summed E-state index contributed by atoms with van der Waals surface area (Å²) in [4.78, 5) is 36.1. The molecule has 0 aliphatic rings. The van der Waals surface area contributed by atoms with Gasteiger partial charge in [-0.05, 0) is 37.3 Å². The quantitative estimate of drug-likeness (QED) is 0.164. The molecule has 0 aliphatic heterocycles. The minimum Gasteiger partial charge on any atom is -0.507 e. The highest BCUT2D eigenvalue weighted by molar-refractivity contribution is 6.14. The van der Waals surface area contributed by atoms with Gasteiger partial charge in [0.25, 0.3) is 11.9 Å². The molecule has 148 valence electrons. The third-order valence-corrected chi connectivity index (χ3v) is 3.19. The van der Waals surface area contributed by atoms with Crippen LogP contribution in [0, 0.1) is 0 Å². The molecule has 1 aromatic heterocycles. The van der Waals surface area contributed by atoms with Crippen LogP contribution in [0.25, 0.3) is 0 Å². The molecular weight excluding hydrogens is 372 g/mol. The Morgan fingerprint density at radius 1 is 1.18 bits per heavy atom. The number of benzene rings is 1. The zero-order chi connectivity index (χ0) is 20.5. The summed E-state index contributed by atoms with van der Waals surface area (Å²) in [5.74, 6) is -2.78. The number of nitrogens with one attached hydrogen (secondary N) is 3. The number of phenolic OH excluding ortho intramolecular Hbond substituents is 1. The molecule has 0 saturated heterocycles. The molecule has 1 amide bonds. The van der Waals surface area contributed by atoms with Crippen LogP contribution in [-0.2, 0) is 19.1 Å². The maximum Gasteiger partial charge on any atom is 0.347 e. The first-order valence-electron chi connectivity index (χ1n) is 8.15. The molecule has 2 rings (SSSR count). The summed E-state index contributed by atoms with van der Waals surface area (Å²) in [7, 11) is 0. The number of aromatic amines is 1. The molecule has 0 fully saturated rings. The number of phenols is 1. The second-order valence-electron chi connectivity index (χ2n) is 5.06. The highest BCUT2D eigenvalue weighted by Crippen LogP contribution is 2.22. The predicted molar refractivity (Wildman–Crippen MR) is 95.2 cm³/mol. The summed E-state index contributed by atoms with van der Waals surface area (Å²) in [5.41, 5.74) is -0.145.